The number of rotatable bonds is 4. The second-order valence-electron chi connectivity index (χ2n) is 6.74. The second kappa shape index (κ2) is 7.47. The summed E-state index contributed by atoms with van der Waals surface area (Å²) >= 11 is 1.13. The molecule has 0 spiro atoms. The van der Waals surface area contributed by atoms with Gasteiger partial charge >= 0.3 is 18.0 Å². The minimum Gasteiger partial charge on any atom is -0.325 e. The van der Waals surface area contributed by atoms with Gasteiger partial charge in [-0.25, -0.2) is 4.98 Å². The maximum atomic E-state index is 13.4. The van der Waals surface area contributed by atoms with Gasteiger partial charge in [0.1, 0.15) is 11.5 Å². The topological polar surface area (TPSA) is 38.1 Å². The van der Waals surface area contributed by atoms with Gasteiger partial charge in [-0.3, -0.25) is 4.79 Å². The molecule has 2 heterocycles. The Balaban J connectivity index is 1.97. The molecule has 1 saturated heterocycles. The molecular formula is C18H16F7N3OS. The number of amides is 1. The van der Waals surface area contributed by atoms with Gasteiger partial charge in [0.05, 0.1) is 24.8 Å². The maximum absolute atomic E-state index is 13.4. The molecule has 0 radical (unpaired) electrons. The van der Waals surface area contributed by atoms with Gasteiger partial charge in [0, 0.05) is 17.5 Å². The first-order chi connectivity index (χ1) is 13.8. The van der Waals surface area contributed by atoms with Gasteiger partial charge < -0.3 is 9.47 Å². The number of carbonyl (C=O) groups excluding carboxylic acids is 1. The van der Waals surface area contributed by atoms with Crippen molar-refractivity contribution in [3.8, 4) is 11.4 Å². The monoisotopic (exact) mass is 455 g/mol. The Morgan fingerprint density at radius 2 is 1.77 bits per heavy atom. The minimum absolute atomic E-state index is 0.112. The van der Waals surface area contributed by atoms with Crippen molar-refractivity contribution < 1.29 is 35.5 Å². The van der Waals surface area contributed by atoms with Crippen LogP contribution in [-0.2, 0) is 13.2 Å². The molecule has 0 N–H and O–H groups in total. The van der Waals surface area contributed by atoms with Gasteiger partial charge in [0.15, 0.2) is 0 Å². The predicted octanol–water partition coefficient (Wildman–Crippen LogP) is 4.94. The highest BCUT2D eigenvalue weighted by Gasteiger charge is 2.64. The molecule has 0 bridgehead atoms. The number of carbonyl (C=O) groups is 1. The van der Waals surface area contributed by atoms with E-state index < -0.39 is 42.6 Å². The summed E-state index contributed by atoms with van der Waals surface area (Å²) in [6.07, 6.45) is -3.51. The van der Waals surface area contributed by atoms with E-state index >= 15 is 0 Å². The van der Waals surface area contributed by atoms with Gasteiger partial charge in [-0.2, -0.15) is 30.7 Å². The second-order valence-corrected chi connectivity index (χ2v) is 8.04. The van der Waals surface area contributed by atoms with Crippen LogP contribution in [0.4, 0.5) is 30.7 Å². The smallest absolute Gasteiger partial charge is 0.325 e. The maximum Gasteiger partial charge on any atom is 0.416 e. The molecule has 1 aliphatic heterocycles. The van der Waals surface area contributed by atoms with Gasteiger partial charge in [0.25, 0.3) is 5.91 Å². The fraction of sp³-hybridized carbons (Fsp3) is 0.444. The van der Waals surface area contributed by atoms with Crippen LogP contribution in [-0.4, -0.2) is 51.0 Å². The van der Waals surface area contributed by atoms with E-state index in [1.165, 1.54) is 17.7 Å². The fourth-order valence-electron chi connectivity index (χ4n) is 3.09. The van der Waals surface area contributed by atoms with Gasteiger partial charge in [-0.05, 0) is 24.0 Å². The Bertz CT molecular complexity index is 955. The highest BCUT2D eigenvalue weighted by atomic mass is 32.2. The van der Waals surface area contributed by atoms with Crippen LogP contribution in [0.15, 0.2) is 29.3 Å². The number of aromatic nitrogens is 2. The lowest BCUT2D eigenvalue weighted by Crippen LogP contribution is -2.38. The van der Waals surface area contributed by atoms with E-state index in [1.807, 2.05) is 0 Å². The van der Waals surface area contributed by atoms with E-state index in [9.17, 15) is 35.5 Å². The van der Waals surface area contributed by atoms with Crippen LogP contribution in [0.1, 0.15) is 23.0 Å². The van der Waals surface area contributed by atoms with Crippen LogP contribution < -0.4 is 0 Å². The molecule has 1 fully saturated rings. The summed E-state index contributed by atoms with van der Waals surface area (Å²) < 4.78 is 94.0. The quantitative estimate of drug-likeness (QED) is 0.484. The van der Waals surface area contributed by atoms with Crippen LogP contribution in [0.25, 0.3) is 11.4 Å². The Kier molecular flexibility index (Phi) is 5.59. The van der Waals surface area contributed by atoms with Gasteiger partial charge in [-0.15, -0.1) is 11.8 Å². The third kappa shape index (κ3) is 3.88. The van der Waals surface area contributed by atoms with E-state index in [-0.39, 0.29) is 16.4 Å². The lowest BCUT2D eigenvalue weighted by atomic mass is 10.1. The molecule has 0 atom stereocenters. The van der Waals surface area contributed by atoms with Gasteiger partial charge in [-0.1, -0.05) is 6.92 Å². The summed E-state index contributed by atoms with van der Waals surface area (Å²) in [4.78, 5) is 17.2. The summed E-state index contributed by atoms with van der Waals surface area (Å²) in [5.74, 6) is -9.18. The van der Waals surface area contributed by atoms with E-state index in [0.717, 1.165) is 30.1 Å². The first-order valence-corrected chi connectivity index (χ1v) is 9.68. The Morgan fingerprint density at radius 1 is 1.17 bits per heavy atom. The van der Waals surface area contributed by atoms with Crippen LogP contribution in [0.3, 0.4) is 0 Å². The van der Waals surface area contributed by atoms with Gasteiger partial charge in [0.2, 0.25) is 0 Å². The SMILES string of the molecule is CCSc1cc(C(F)(F)F)ccc1-c1ncc(C(=O)N2CC(F)(F)C(F)(F)C2)n1C. The first-order valence-electron chi connectivity index (χ1n) is 8.69. The third-order valence-corrected chi connectivity index (χ3v) is 5.60. The fourth-order valence-corrected chi connectivity index (χ4v) is 3.93. The number of imidazole rings is 1. The molecule has 3 rings (SSSR count). The normalized spacial score (nSPS) is 18.1. The Morgan fingerprint density at radius 3 is 2.30 bits per heavy atom. The number of hydrogen-bond acceptors (Lipinski definition) is 3. The summed E-state index contributed by atoms with van der Waals surface area (Å²) in [7, 11) is 1.36. The first kappa shape index (κ1) is 22.4. The zero-order valence-electron chi connectivity index (χ0n) is 15.7. The van der Waals surface area contributed by atoms with Crippen molar-refractivity contribution in [2.24, 2.45) is 7.05 Å². The molecule has 1 aromatic carbocycles. The number of thioether (sulfide) groups is 1. The highest BCUT2D eigenvalue weighted by molar-refractivity contribution is 7.99. The van der Waals surface area contributed by atoms with E-state index in [0.29, 0.717) is 16.2 Å². The minimum atomic E-state index is -4.55. The Labute approximate surface area is 171 Å². The zero-order valence-corrected chi connectivity index (χ0v) is 16.6. The molecule has 4 nitrogen and oxygen atoms in total. The molecule has 0 unspecified atom stereocenters. The largest absolute Gasteiger partial charge is 0.416 e. The lowest BCUT2D eigenvalue weighted by Gasteiger charge is -2.16. The average molecular weight is 455 g/mol. The molecule has 1 aliphatic rings. The number of likely N-dealkylation sites (tertiary alicyclic amines) is 1. The summed E-state index contributed by atoms with van der Waals surface area (Å²) in [6, 6.07) is 3.03. The van der Waals surface area contributed by atoms with Crippen LogP contribution in [0.2, 0.25) is 0 Å². The van der Waals surface area contributed by atoms with Crippen molar-refractivity contribution in [2.75, 3.05) is 18.8 Å². The number of nitrogens with zero attached hydrogens (tertiary/aromatic N) is 3. The van der Waals surface area contributed by atoms with Crippen molar-refractivity contribution in [1.82, 2.24) is 14.5 Å². The van der Waals surface area contributed by atoms with Crippen molar-refractivity contribution in [3.05, 3.63) is 35.7 Å². The standard InChI is InChI=1S/C18H16F7N3OS/c1-3-30-13-6-10(18(23,24)25)4-5-11(13)14-26-7-12(27(14)2)15(29)28-8-16(19,20)17(21,22)9-28/h4-7H,3,8-9H2,1-2H3. The predicted molar refractivity (Wildman–Crippen MR) is 95.8 cm³/mol. The van der Waals surface area contributed by atoms with Crippen molar-refractivity contribution in [3.63, 3.8) is 0 Å². The highest BCUT2D eigenvalue weighted by Crippen LogP contribution is 2.42. The van der Waals surface area contributed by atoms with Crippen LogP contribution in [0.5, 0.6) is 0 Å². The average Bonchev–Trinajstić information content (AvgIpc) is 3.10. The lowest BCUT2D eigenvalue weighted by molar-refractivity contribution is -0.172. The van der Waals surface area contributed by atoms with E-state index in [4.69, 9.17) is 0 Å². The summed E-state index contributed by atoms with van der Waals surface area (Å²) in [5.41, 5.74) is -0.784. The Hall–Kier alpha value is -2.24. The van der Waals surface area contributed by atoms with Crippen molar-refractivity contribution >= 4 is 17.7 Å². The number of benzene rings is 1. The summed E-state index contributed by atoms with van der Waals surface area (Å²) in [5, 5.41) is 0. The third-order valence-electron chi connectivity index (χ3n) is 4.66. The molecule has 12 heteroatoms. The van der Waals surface area contributed by atoms with E-state index in [1.54, 1.807) is 6.92 Å². The van der Waals surface area contributed by atoms with Crippen molar-refractivity contribution in [2.45, 2.75) is 29.8 Å². The number of alkyl halides is 7. The van der Waals surface area contributed by atoms with Crippen LogP contribution in [0, 0.1) is 0 Å². The van der Waals surface area contributed by atoms with Crippen LogP contribution >= 0.6 is 11.8 Å². The molecule has 1 aromatic heterocycles. The van der Waals surface area contributed by atoms with Crippen molar-refractivity contribution in [1.29, 1.82) is 0 Å². The molecule has 164 valence electrons. The van der Waals surface area contributed by atoms with E-state index in [2.05, 4.69) is 4.98 Å². The molecule has 1 amide bonds. The molecular weight excluding hydrogens is 439 g/mol. The summed E-state index contributed by atoms with van der Waals surface area (Å²) in [6.45, 7) is -1.12. The molecule has 0 saturated carbocycles. The number of halogens is 7. The molecule has 2 aromatic rings. The zero-order chi connectivity index (χ0) is 22.5. The number of hydrogen-bond donors (Lipinski definition) is 0. The molecule has 30 heavy (non-hydrogen) atoms. The molecule has 0 aliphatic carbocycles.